The van der Waals surface area contributed by atoms with Gasteiger partial charge in [0.2, 0.25) is 0 Å². The first-order valence-corrected chi connectivity index (χ1v) is 12.8. The zero-order valence-corrected chi connectivity index (χ0v) is 21.3. The molecule has 2 aromatic rings. The van der Waals surface area contributed by atoms with E-state index in [9.17, 15) is 9.59 Å². The van der Waals surface area contributed by atoms with Gasteiger partial charge in [-0.1, -0.05) is 32.4 Å². The number of rotatable bonds is 11. The van der Waals surface area contributed by atoms with Crippen molar-refractivity contribution >= 4 is 29.4 Å². The molecule has 0 amide bonds. The van der Waals surface area contributed by atoms with Gasteiger partial charge in [0.1, 0.15) is 5.75 Å². The number of carbonyl (C=O) groups is 2. The van der Waals surface area contributed by atoms with Gasteiger partial charge in [-0.25, -0.2) is 4.79 Å². The summed E-state index contributed by atoms with van der Waals surface area (Å²) in [6, 6.07) is 12.4. The van der Waals surface area contributed by atoms with Gasteiger partial charge >= 0.3 is 11.9 Å². The molecule has 0 radical (unpaired) electrons. The lowest BCUT2D eigenvalue weighted by Gasteiger charge is -2.27. The third kappa shape index (κ3) is 8.72. The average Bonchev–Trinajstić information content (AvgIpc) is 2.86. The molecule has 1 aliphatic carbocycles. The van der Waals surface area contributed by atoms with Gasteiger partial charge < -0.3 is 25.7 Å². The Morgan fingerprint density at radius 2 is 1.69 bits per heavy atom. The molecule has 1 aliphatic rings. The highest BCUT2D eigenvalue weighted by Crippen LogP contribution is 2.28. The van der Waals surface area contributed by atoms with Crippen LogP contribution < -0.4 is 16.2 Å². The first kappa shape index (κ1) is 27.3. The lowest BCUT2D eigenvalue weighted by molar-refractivity contribution is -0.141. The van der Waals surface area contributed by atoms with Crippen LogP contribution in [0.15, 0.2) is 48.5 Å². The number of carbonyl (C=O) groups excluding carboxylic acids is 2. The zero-order chi connectivity index (χ0) is 25.9. The van der Waals surface area contributed by atoms with Crippen LogP contribution in [-0.4, -0.2) is 31.3 Å². The van der Waals surface area contributed by atoms with E-state index in [1.807, 2.05) is 19.1 Å². The minimum absolute atomic E-state index is 0.0363. The highest BCUT2D eigenvalue weighted by Gasteiger charge is 2.28. The largest absolute Gasteiger partial charge is 0.462 e. The number of nitrogens with two attached hydrogens (primary N) is 2. The Morgan fingerprint density at radius 3 is 2.33 bits per heavy atom. The summed E-state index contributed by atoms with van der Waals surface area (Å²) in [5.74, 6) is -0.257. The third-order valence-corrected chi connectivity index (χ3v) is 6.41. The van der Waals surface area contributed by atoms with Gasteiger partial charge in [0, 0.05) is 30.0 Å². The summed E-state index contributed by atoms with van der Waals surface area (Å²) < 4.78 is 16.8. The van der Waals surface area contributed by atoms with Crippen LogP contribution in [0.3, 0.4) is 0 Å². The Morgan fingerprint density at radius 1 is 1.03 bits per heavy atom. The lowest BCUT2D eigenvalue weighted by Crippen LogP contribution is -2.29. The van der Waals surface area contributed by atoms with E-state index in [0.717, 1.165) is 56.3 Å². The normalized spacial score (nSPS) is 18.6. The van der Waals surface area contributed by atoms with Crippen molar-refractivity contribution < 1.29 is 23.8 Å². The van der Waals surface area contributed by atoms with Crippen LogP contribution in [-0.2, 0) is 19.1 Å². The first-order valence-electron chi connectivity index (χ1n) is 12.8. The zero-order valence-electron chi connectivity index (χ0n) is 21.3. The number of nitrogen functional groups attached to an aromatic ring is 2. The molecular formula is C29H38N2O5. The number of benzene rings is 2. The second-order valence-corrected chi connectivity index (χ2v) is 9.49. The Kier molecular flexibility index (Phi) is 10.4. The molecule has 7 heteroatoms. The van der Waals surface area contributed by atoms with Crippen molar-refractivity contribution in [2.45, 2.75) is 64.4 Å². The minimum Gasteiger partial charge on any atom is -0.462 e. The van der Waals surface area contributed by atoms with Gasteiger partial charge in [-0.05, 0) is 79.6 Å². The molecule has 194 valence electrons. The molecule has 36 heavy (non-hydrogen) atoms. The van der Waals surface area contributed by atoms with E-state index in [1.54, 1.807) is 36.4 Å². The fourth-order valence-corrected chi connectivity index (χ4v) is 4.21. The third-order valence-electron chi connectivity index (χ3n) is 6.41. The molecule has 0 aliphatic heterocycles. The topological polar surface area (TPSA) is 114 Å². The van der Waals surface area contributed by atoms with E-state index in [4.69, 9.17) is 25.7 Å². The van der Waals surface area contributed by atoms with Gasteiger partial charge in [-0.2, -0.15) is 0 Å². The summed E-state index contributed by atoms with van der Waals surface area (Å²) in [7, 11) is 0. The summed E-state index contributed by atoms with van der Waals surface area (Å²) in [6.07, 6.45) is 8.89. The first-order chi connectivity index (χ1) is 17.3. The van der Waals surface area contributed by atoms with Crippen molar-refractivity contribution in [2.75, 3.05) is 24.7 Å². The number of hydrogen-bond acceptors (Lipinski definition) is 7. The van der Waals surface area contributed by atoms with Crippen LogP contribution in [0, 0.1) is 5.92 Å². The molecule has 3 rings (SSSR count). The highest BCUT2D eigenvalue weighted by atomic mass is 16.5. The maximum Gasteiger partial charge on any atom is 0.330 e. The van der Waals surface area contributed by atoms with Crippen LogP contribution in [0.1, 0.15) is 69.4 Å². The van der Waals surface area contributed by atoms with Crippen LogP contribution >= 0.6 is 0 Å². The van der Waals surface area contributed by atoms with E-state index in [1.165, 1.54) is 6.08 Å². The number of hydrogen-bond donors (Lipinski definition) is 2. The van der Waals surface area contributed by atoms with Crippen LogP contribution in [0.2, 0.25) is 0 Å². The van der Waals surface area contributed by atoms with E-state index in [-0.39, 0.29) is 30.5 Å². The highest BCUT2D eigenvalue weighted by molar-refractivity contribution is 5.87. The van der Waals surface area contributed by atoms with Crippen LogP contribution in [0.4, 0.5) is 11.4 Å². The maximum absolute atomic E-state index is 12.5. The summed E-state index contributed by atoms with van der Waals surface area (Å²) in [5, 5.41) is 0. The molecule has 4 N–H and O–H groups in total. The number of anilines is 2. The van der Waals surface area contributed by atoms with Crippen LogP contribution in [0.5, 0.6) is 5.75 Å². The molecule has 0 bridgehead atoms. The average molecular weight is 495 g/mol. The van der Waals surface area contributed by atoms with Gasteiger partial charge in [0.15, 0.2) is 0 Å². The Hall–Kier alpha value is -3.32. The standard InChI is InChI=1S/C29H38N2O5/c1-3-4-15-34-26-12-8-22(9-13-26)29(33)36-27-10-5-21(6-11-27)7-14-28(32)35-19-20(2)23-16-24(30)18-25(31)17-23/h5-7,10-11,14,16-18,20,22,26H,3-4,8-9,12-13,15,19,30-31H2,1-2H3. The molecule has 2 aromatic carbocycles. The fourth-order valence-electron chi connectivity index (χ4n) is 4.21. The summed E-state index contributed by atoms with van der Waals surface area (Å²) in [4.78, 5) is 24.7. The number of unbranched alkanes of at least 4 members (excludes halogenated alkanes) is 1. The molecule has 0 saturated heterocycles. The number of ether oxygens (including phenoxy) is 3. The van der Waals surface area contributed by atoms with E-state index in [0.29, 0.717) is 17.1 Å². The SMILES string of the molecule is CCCCOC1CCC(C(=O)Oc2ccc(C=CC(=O)OCC(C)c3cc(N)cc(N)c3)cc2)CC1. The van der Waals surface area contributed by atoms with E-state index < -0.39 is 5.97 Å². The van der Waals surface area contributed by atoms with Gasteiger partial charge in [0.25, 0.3) is 0 Å². The second kappa shape index (κ2) is 13.7. The van der Waals surface area contributed by atoms with Gasteiger partial charge in [-0.15, -0.1) is 0 Å². The second-order valence-electron chi connectivity index (χ2n) is 9.49. The van der Waals surface area contributed by atoms with Crippen molar-refractivity contribution in [1.82, 2.24) is 0 Å². The number of esters is 2. The molecule has 0 aromatic heterocycles. The van der Waals surface area contributed by atoms with Crippen LogP contribution in [0.25, 0.3) is 6.08 Å². The van der Waals surface area contributed by atoms with Crippen molar-refractivity contribution in [3.63, 3.8) is 0 Å². The summed E-state index contributed by atoms with van der Waals surface area (Å²) >= 11 is 0. The molecule has 1 fully saturated rings. The molecule has 0 heterocycles. The Balaban J connectivity index is 1.41. The Labute approximate surface area is 213 Å². The van der Waals surface area contributed by atoms with Crippen molar-refractivity contribution in [2.24, 2.45) is 5.92 Å². The van der Waals surface area contributed by atoms with Crippen molar-refractivity contribution in [3.8, 4) is 5.75 Å². The maximum atomic E-state index is 12.5. The van der Waals surface area contributed by atoms with Gasteiger partial charge in [0.05, 0.1) is 18.6 Å². The monoisotopic (exact) mass is 494 g/mol. The smallest absolute Gasteiger partial charge is 0.330 e. The molecule has 1 saturated carbocycles. The van der Waals surface area contributed by atoms with Crippen molar-refractivity contribution in [3.05, 3.63) is 59.7 Å². The molecule has 7 nitrogen and oxygen atoms in total. The summed E-state index contributed by atoms with van der Waals surface area (Å²) in [5.41, 5.74) is 14.5. The Bertz CT molecular complexity index is 1010. The lowest BCUT2D eigenvalue weighted by atomic mass is 9.87. The minimum atomic E-state index is -0.441. The summed E-state index contributed by atoms with van der Waals surface area (Å²) in [6.45, 7) is 5.11. The fraction of sp³-hybridized carbons (Fsp3) is 0.448. The molecule has 1 atom stereocenters. The predicted octanol–water partition coefficient (Wildman–Crippen LogP) is 5.49. The molecule has 0 spiro atoms. The quantitative estimate of drug-likeness (QED) is 0.140. The molecule has 1 unspecified atom stereocenters. The van der Waals surface area contributed by atoms with E-state index >= 15 is 0 Å². The van der Waals surface area contributed by atoms with Crippen molar-refractivity contribution in [1.29, 1.82) is 0 Å². The molecular weight excluding hydrogens is 456 g/mol. The van der Waals surface area contributed by atoms with Gasteiger partial charge in [-0.3, -0.25) is 4.79 Å². The predicted molar refractivity (Wildman–Crippen MR) is 142 cm³/mol. The van der Waals surface area contributed by atoms with E-state index in [2.05, 4.69) is 6.92 Å².